The number of aryl methyl sites for hydroxylation is 2. The molecule has 27 heavy (non-hydrogen) atoms. The van der Waals surface area contributed by atoms with Gasteiger partial charge in [-0.25, -0.2) is 0 Å². The second kappa shape index (κ2) is 8.35. The number of carbonyl (C=O) groups is 1. The molecule has 2 aromatic carbocycles. The monoisotopic (exact) mass is 381 g/mol. The molecule has 0 spiro atoms. The molecule has 0 aliphatic heterocycles. The predicted molar refractivity (Wildman–Crippen MR) is 109 cm³/mol. The van der Waals surface area contributed by atoms with Gasteiger partial charge in [0.15, 0.2) is 0 Å². The number of rotatable bonds is 6. The highest BCUT2D eigenvalue weighted by Crippen LogP contribution is 2.22. The molecule has 0 aliphatic rings. The van der Waals surface area contributed by atoms with E-state index in [-0.39, 0.29) is 11.7 Å². The number of hydrogen-bond donors (Lipinski definition) is 1. The number of anilines is 1. The van der Waals surface area contributed by atoms with Crippen LogP contribution in [0.25, 0.3) is 5.69 Å². The molecule has 0 fully saturated rings. The number of thioether (sulfide) groups is 1. The van der Waals surface area contributed by atoms with Gasteiger partial charge < -0.3 is 5.32 Å². The SMILES string of the molecule is Cc1ccc(-n2nnnc2SCC(=O)Nc2ccc(C(C)C)cc2)c(C)c1. The Hall–Kier alpha value is -2.67. The molecule has 0 radical (unpaired) electrons. The van der Waals surface area contributed by atoms with Crippen LogP contribution in [0.5, 0.6) is 0 Å². The minimum absolute atomic E-state index is 0.0903. The summed E-state index contributed by atoms with van der Waals surface area (Å²) in [7, 11) is 0. The van der Waals surface area contributed by atoms with Crippen molar-refractivity contribution in [3.63, 3.8) is 0 Å². The molecule has 0 saturated heterocycles. The molecule has 0 atom stereocenters. The van der Waals surface area contributed by atoms with E-state index in [2.05, 4.69) is 40.8 Å². The molecular formula is C20H23N5OS. The smallest absolute Gasteiger partial charge is 0.234 e. The maximum Gasteiger partial charge on any atom is 0.234 e. The maximum absolute atomic E-state index is 12.3. The van der Waals surface area contributed by atoms with Crippen LogP contribution >= 0.6 is 11.8 Å². The molecule has 1 amide bonds. The van der Waals surface area contributed by atoms with E-state index in [9.17, 15) is 4.79 Å². The van der Waals surface area contributed by atoms with Gasteiger partial charge in [-0.05, 0) is 59.5 Å². The first-order valence-corrected chi connectivity index (χ1v) is 9.81. The Morgan fingerprint density at radius 3 is 2.56 bits per heavy atom. The van der Waals surface area contributed by atoms with Gasteiger partial charge in [-0.1, -0.05) is 55.4 Å². The maximum atomic E-state index is 12.3. The Balaban J connectivity index is 1.64. The molecule has 7 heteroatoms. The number of hydrogen-bond acceptors (Lipinski definition) is 5. The van der Waals surface area contributed by atoms with Crippen LogP contribution in [0.4, 0.5) is 5.69 Å². The molecule has 3 aromatic rings. The van der Waals surface area contributed by atoms with Crippen LogP contribution < -0.4 is 5.32 Å². The fourth-order valence-electron chi connectivity index (χ4n) is 2.74. The highest BCUT2D eigenvalue weighted by molar-refractivity contribution is 7.99. The summed E-state index contributed by atoms with van der Waals surface area (Å²) in [6, 6.07) is 14.0. The molecule has 0 aliphatic carbocycles. The number of benzene rings is 2. The standard InChI is InChI=1S/C20H23N5OS/c1-13(2)16-6-8-17(9-7-16)21-19(26)12-27-20-22-23-24-25(20)18-10-5-14(3)11-15(18)4/h5-11,13H,12H2,1-4H3,(H,21,26). The molecule has 3 rings (SSSR count). The topological polar surface area (TPSA) is 72.7 Å². The zero-order valence-corrected chi connectivity index (χ0v) is 16.7. The van der Waals surface area contributed by atoms with Gasteiger partial charge in [-0.3, -0.25) is 4.79 Å². The van der Waals surface area contributed by atoms with E-state index in [0.29, 0.717) is 11.1 Å². The fourth-order valence-corrected chi connectivity index (χ4v) is 3.43. The summed E-state index contributed by atoms with van der Waals surface area (Å²) in [6.07, 6.45) is 0. The summed E-state index contributed by atoms with van der Waals surface area (Å²) < 4.78 is 1.67. The van der Waals surface area contributed by atoms with Gasteiger partial charge in [-0.2, -0.15) is 4.68 Å². The van der Waals surface area contributed by atoms with Gasteiger partial charge in [-0.15, -0.1) is 5.10 Å². The molecule has 0 saturated carbocycles. The van der Waals surface area contributed by atoms with E-state index in [1.54, 1.807) is 4.68 Å². The molecule has 0 unspecified atom stereocenters. The lowest BCUT2D eigenvalue weighted by Crippen LogP contribution is -2.14. The molecule has 6 nitrogen and oxygen atoms in total. The first kappa shape index (κ1) is 19.1. The van der Waals surface area contributed by atoms with Crippen LogP contribution in [0.2, 0.25) is 0 Å². The van der Waals surface area contributed by atoms with Gasteiger partial charge in [0.25, 0.3) is 0 Å². The third kappa shape index (κ3) is 4.74. The first-order valence-electron chi connectivity index (χ1n) is 8.82. The van der Waals surface area contributed by atoms with E-state index >= 15 is 0 Å². The normalized spacial score (nSPS) is 11.0. The van der Waals surface area contributed by atoms with Crippen molar-refractivity contribution in [3.05, 3.63) is 59.2 Å². The summed E-state index contributed by atoms with van der Waals surface area (Å²) in [5, 5.41) is 15.4. The van der Waals surface area contributed by atoms with Crippen molar-refractivity contribution in [1.82, 2.24) is 20.2 Å². The highest BCUT2D eigenvalue weighted by atomic mass is 32.2. The van der Waals surface area contributed by atoms with Crippen LogP contribution in [-0.4, -0.2) is 31.9 Å². The van der Waals surface area contributed by atoms with E-state index in [1.165, 1.54) is 22.9 Å². The van der Waals surface area contributed by atoms with Gasteiger partial charge in [0.05, 0.1) is 11.4 Å². The summed E-state index contributed by atoms with van der Waals surface area (Å²) in [5.74, 6) is 0.610. The Morgan fingerprint density at radius 1 is 1.15 bits per heavy atom. The Labute approximate surface area is 163 Å². The van der Waals surface area contributed by atoms with Crippen LogP contribution in [0.3, 0.4) is 0 Å². The number of aromatic nitrogens is 4. The summed E-state index contributed by atoms with van der Waals surface area (Å²) >= 11 is 1.31. The molecule has 1 aromatic heterocycles. The van der Waals surface area contributed by atoms with Crippen LogP contribution in [-0.2, 0) is 4.79 Å². The second-order valence-electron chi connectivity index (χ2n) is 6.78. The molecule has 0 bridgehead atoms. The van der Waals surface area contributed by atoms with Crippen LogP contribution in [0, 0.1) is 13.8 Å². The largest absolute Gasteiger partial charge is 0.325 e. The molecule has 140 valence electrons. The number of nitrogens with one attached hydrogen (secondary N) is 1. The van der Waals surface area contributed by atoms with Crippen molar-refractivity contribution in [3.8, 4) is 5.69 Å². The number of carbonyl (C=O) groups excluding carboxylic acids is 1. The van der Waals surface area contributed by atoms with Gasteiger partial charge in [0.1, 0.15) is 0 Å². The third-order valence-electron chi connectivity index (χ3n) is 4.21. The van der Waals surface area contributed by atoms with Crippen LogP contribution in [0.15, 0.2) is 47.6 Å². The van der Waals surface area contributed by atoms with E-state index in [4.69, 9.17) is 0 Å². The second-order valence-corrected chi connectivity index (χ2v) is 7.72. The average molecular weight is 382 g/mol. The molecule has 1 N–H and O–H groups in total. The molecular weight excluding hydrogens is 358 g/mol. The fraction of sp³-hybridized carbons (Fsp3) is 0.300. The lowest BCUT2D eigenvalue weighted by Gasteiger charge is -2.09. The molecule has 1 heterocycles. The van der Waals surface area contributed by atoms with Crippen molar-refractivity contribution in [2.24, 2.45) is 0 Å². The van der Waals surface area contributed by atoms with Crippen molar-refractivity contribution in [2.75, 3.05) is 11.1 Å². The predicted octanol–water partition coefficient (Wildman–Crippen LogP) is 4.13. The number of nitrogens with zero attached hydrogens (tertiary/aromatic N) is 4. The minimum atomic E-state index is -0.0903. The number of tetrazole rings is 1. The Bertz CT molecular complexity index is 934. The Morgan fingerprint density at radius 2 is 1.89 bits per heavy atom. The van der Waals surface area contributed by atoms with Gasteiger partial charge in [0.2, 0.25) is 11.1 Å². The van der Waals surface area contributed by atoms with Crippen molar-refractivity contribution >= 4 is 23.4 Å². The van der Waals surface area contributed by atoms with Crippen molar-refractivity contribution < 1.29 is 4.79 Å². The van der Waals surface area contributed by atoms with Crippen LogP contribution in [0.1, 0.15) is 36.5 Å². The summed E-state index contributed by atoms with van der Waals surface area (Å²) in [6.45, 7) is 8.35. The summed E-state index contributed by atoms with van der Waals surface area (Å²) in [4.78, 5) is 12.3. The number of amides is 1. The van der Waals surface area contributed by atoms with E-state index < -0.39 is 0 Å². The minimum Gasteiger partial charge on any atom is -0.325 e. The summed E-state index contributed by atoms with van der Waals surface area (Å²) in [5.41, 5.74) is 5.21. The first-order chi connectivity index (χ1) is 12.9. The lowest BCUT2D eigenvalue weighted by atomic mass is 10.0. The van der Waals surface area contributed by atoms with E-state index in [0.717, 1.165) is 16.9 Å². The Kier molecular flexibility index (Phi) is 5.91. The average Bonchev–Trinajstić information content (AvgIpc) is 3.09. The lowest BCUT2D eigenvalue weighted by molar-refractivity contribution is -0.113. The van der Waals surface area contributed by atoms with Gasteiger partial charge in [0, 0.05) is 5.69 Å². The van der Waals surface area contributed by atoms with E-state index in [1.807, 2.05) is 50.2 Å². The zero-order valence-electron chi connectivity index (χ0n) is 15.9. The van der Waals surface area contributed by atoms with Crippen molar-refractivity contribution in [1.29, 1.82) is 0 Å². The van der Waals surface area contributed by atoms with Gasteiger partial charge >= 0.3 is 0 Å². The zero-order chi connectivity index (χ0) is 19.4. The third-order valence-corrected chi connectivity index (χ3v) is 5.13. The quantitative estimate of drug-likeness (QED) is 0.650. The highest BCUT2D eigenvalue weighted by Gasteiger charge is 2.13. The van der Waals surface area contributed by atoms with Crippen molar-refractivity contribution in [2.45, 2.75) is 38.8 Å².